The summed E-state index contributed by atoms with van der Waals surface area (Å²) in [6, 6.07) is 1.92. The van der Waals surface area contributed by atoms with Crippen LogP contribution in [0.2, 0.25) is 0 Å². The third-order valence-electron chi connectivity index (χ3n) is 1.03. The van der Waals surface area contributed by atoms with Crippen LogP contribution in [0.3, 0.4) is 0 Å². The van der Waals surface area contributed by atoms with Gasteiger partial charge in [0.1, 0.15) is 6.20 Å². The highest BCUT2D eigenvalue weighted by Crippen LogP contribution is 1.68. The molecule has 2 nitrogen and oxygen atoms in total. The summed E-state index contributed by atoms with van der Waals surface area (Å²) < 4.78 is 2.01. The quantitative estimate of drug-likeness (QED) is 0.395. The highest BCUT2D eigenvalue weighted by Gasteiger charge is 1.86. The van der Waals surface area contributed by atoms with E-state index in [4.69, 9.17) is 0 Å². The average molecular weight is 145 g/mol. The molecule has 0 saturated carbocycles. The van der Waals surface area contributed by atoms with E-state index in [9.17, 15) is 0 Å². The van der Waals surface area contributed by atoms with Gasteiger partial charge in [-0.1, -0.05) is 4.98 Å². The van der Waals surface area contributed by atoms with Crippen molar-refractivity contribution < 1.29 is 17.0 Å². The van der Waals surface area contributed by atoms with E-state index in [0.717, 1.165) is 6.54 Å². The Kier molecular flexibility index (Phi) is 3.97. The molecule has 1 aromatic heterocycles. The van der Waals surface area contributed by atoms with E-state index in [1.54, 1.807) is 12.5 Å². The first-order valence-electron chi connectivity index (χ1n) is 2.72. The summed E-state index contributed by atoms with van der Waals surface area (Å²) in [5, 5.41) is 0. The average Bonchev–Trinajstić information content (AvgIpc) is 1.90. The maximum Gasteiger partial charge on any atom is 0.286 e. The lowest BCUT2D eigenvalue weighted by Gasteiger charge is -1.86. The van der Waals surface area contributed by atoms with Crippen molar-refractivity contribution in [1.29, 1.82) is 0 Å². The van der Waals surface area contributed by atoms with Gasteiger partial charge in [-0.05, 0) is 6.92 Å². The number of hydrogen-bond acceptors (Lipinski definition) is 1. The second-order valence-corrected chi connectivity index (χ2v) is 1.59. The SMILES string of the molecule is CC[n+]1cccnc1.[Cl-]. The first-order chi connectivity index (χ1) is 3.93. The molecule has 0 aliphatic heterocycles. The summed E-state index contributed by atoms with van der Waals surface area (Å²) in [5.74, 6) is 0. The van der Waals surface area contributed by atoms with Crippen LogP contribution in [-0.4, -0.2) is 4.98 Å². The second kappa shape index (κ2) is 4.27. The summed E-state index contributed by atoms with van der Waals surface area (Å²) >= 11 is 0. The Bertz CT molecular complexity index is 152. The molecule has 1 aromatic rings. The summed E-state index contributed by atoms with van der Waals surface area (Å²) in [7, 11) is 0. The van der Waals surface area contributed by atoms with Crippen LogP contribution in [0.25, 0.3) is 0 Å². The first-order valence-corrected chi connectivity index (χ1v) is 2.72. The molecule has 3 heteroatoms. The molecule has 1 heterocycles. The number of rotatable bonds is 1. The molecule has 0 fully saturated rings. The lowest BCUT2D eigenvalue weighted by Crippen LogP contribution is -3.00. The largest absolute Gasteiger partial charge is 1.00 e. The van der Waals surface area contributed by atoms with Gasteiger partial charge in [0.25, 0.3) is 6.33 Å². The number of aromatic nitrogens is 2. The number of nitrogens with zero attached hydrogens (tertiary/aromatic N) is 2. The van der Waals surface area contributed by atoms with Gasteiger partial charge in [0.15, 0.2) is 0 Å². The first kappa shape index (κ1) is 8.37. The van der Waals surface area contributed by atoms with Crippen LogP contribution >= 0.6 is 0 Å². The van der Waals surface area contributed by atoms with Crippen LogP contribution in [-0.2, 0) is 6.54 Å². The minimum atomic E-state index is 0. The van der Waals surface area contributed by atoms with E-state index in [2.05, 4.69) is 11.9 Å². The van der Waals surface area contributed by atoms with Gasteiger partial charge in [0.2, 0.25) is 0 Å². The number of hydrogen-bond donors (Lipinski definition) is 0. The maximum atomic E-state index is 3.92. The minimum Gasteiger partial charge on any atom is -1.00 e. The van der Waals surface area contributed by atoms with E-state index in [0.29, 0.717) is 0 Å². The van der Waals surface area contributed by atoms with Gasteiger partial charge in [0.05, 0.1) is 12.7 Å². The van der Waals surface area contributed by atoms with Crippen molar-refractivity contribution in [2.45, 2.75) is 13.5 Å². The fourth-order valence-corrected chi connectivity index (χ4v) is 0.548. The molecule has 0 spiro atoms. The van der Waals surface area contributed by atoms with Crippen LogP contribution in [0.1, 0.15) is 6.92 Å². The molecule has 50 valence electrons. The molecule has 9 heavy (non-hydrogen) atoms. The third-order valence-corrected chi connectivity index (χ3v) is 1.03. The van der Waals surface area contributed by atoms with Gasteiger partial charge in [0, 0.05) is 6.07 Å². The topological polar surface area (TPSA) is 16.8 Å². The van der Waals surface area contributed by atoms with E-state index >= 15 is 0 Å². The van der Waals surface area contributed by atoms with Gasteiger partial charge in [-0.15, -0.1) is 0 Å². The number of halogens is 1. The summed E-state index contributed by atoms with van der Waals surface area (Å²) in [6.07, 6.45) is 5.57. The Morgan fingerprint density at radius 1 is 1.56 bits per heavy atom. The van der Waals surface area contributed by atoms with E-state index in [-0.39, 0.29) is 12.4 Å². The lowest BCUT2D eigenvalue weighted by atomic mass is 10.6. The summed E-state index contributed by atoms with van der Waals surface area (Å²) in [5.41, 5.74) is 0. The van der Waals surface area contributed by atoms with Crippen molar-refractivity contribution in [3.05, 3.63) is 24.8 Å². The van der Waals surface area contributed by atoms with Crippen molar-refractivity contribution in [1.82, 2.24) is 4.98 Å². The third kappa shape index (κ3) is 2.42. The molecule has 0 unspecified atom stereocenters. The van der Waals surface area contributed by atoms with E-state index < -0.39 is 0 Å². The Morgan fingerprint density at radius 3 is 2.67 bits per heavy atom. The highest BCUT2D eigenvalue weighted by molar-refractivity contribution is 4.68. The van der Waals surface area contributed by atoms with E-state index in [1.807, 2.05) is 16.8 Å². The predicted molar refractivity (Wildman–Crippen MR) is 30.1 cm³/mol. The normalized spacial score (nSPS) is 8.11. The molecule has 0 aromatic carbocycles. The van der Waals surface area contributed by atoms with Crippen molar-refractivity contribution in [2.75, 3.05) is 0 Å². The van der Waals surface area contributed by atoms with Crippen LogP contribution in [0, 0.1) is 0 Å². The zero-order chi connectivity index (χ0) is 5.82. The molecule has 0 atom stereocenters. The molecule has 0 bridgehead atoms. The zero-order valence-corrected chi connectivity index (χ0v) is 6.04. The van der Waals surface area contributed by atoms with Gasteiger partial charge < -0.3 is 12.4 Å². The van der Waals surface area contributed by atoms with Gasteiger partial charge >= 0.3 is 0 Å². The predicted octanol–water partition coefficient (Wildman–Crippen LogP) is -2.61. The molecule has 0 aliphatic carbocycles. The summed E-state index contributed by atoms with van der Waals surface area (Å²) in [6.45, 7) is 3.08. The standard InChI is InChI=1S/C6H9N2.ClH/c1-2-8-5-3-4-7-6-8;/h3-6H,2H2,1H3;1H/q+1;/p-1. The molecule has 0 amide bonds. The smallest absolute Gasteiger partial charge is 0.286 e. The Morgan fingerprint density at radius 2 is 2.33 bits per heavy atom. The molecule has 0 radical (unpaired) electrons. The maximum absolute atomic E-state index is 3.92. The van der Waals surface area contributed by atoms with Crippen molar-refractivity contribution >= 4 is 0 Å². The van der Waals surface area contributed by atoms with Gasteiger partial charge in [-0.25, -0.2) is 4.57 Å². The fraction of sp³-hybridized carbons (Fsp3) is 0.333. The van der Waals surface area contributed by atoms with Crippen molar-refractivity contribution in [3.8, 4) is 0 Å². The van der Waals surface area contributed by atoms with Crippen LogP contribution in [0.15, 0.2) is 24.8 Å². The van der Waals surface area contributed by atoms with Crippen LogP contribution < -0.4 is 17.0 Å². The molecule has 0 aliphatic rings. The van der Waals surface area contributed by atoms with Gasteiger partial charge in [-0.3, -0.25) is 0 Å². The monoisotopic (exact) mass is 144 g/mol. The molecule has 1 rings (SSSR count). The zero-order valence-electron chi connectivity index (χ0n) is 5.29. The van der Waals surface area contributed by atoms with Gasteiger partial charge in [-0.2, -0.15) is 0 Å². The molecule has 0 saturated heterocycles. The molecule has 0 N–H and O–H groups in total. The molecular formula is C6H9ClN2. The van der Waals surface area contributed by atoms with Crippen LogP contribution in [0.5, 0.6) is 0 Å². The van der Waals surface area contributed by atoms with Crippen molar-refractivity contribution in [3.63, 3.8) is 0 Å². The minimum absolute atomic E-state index is 0. The summed E-state index contributed by atoms with van der Waals surface area (Å²) in [4.78, 5) is 3.92. The fourth-order valence-electron chi connectivity index (χ4n) is 0.548. The number of aryl methyl sites for hydroxylation is 1. The lowest BCUT2D eigenvalue weighted by molar-refractivity contribution is -0.696. The van der Waals surface area contributed by atoms with E-state index in [1.165, 1.54) is 0 Å². The Labute approximate surface area is 61.0 Å². The molecular weight excluding hydrogens is 136 g/mol. The van der Waals surface area contributed by atoms with Crippen LogP contribution in [0.4, 0.5) is 0 Å². The van der Waals surface area contributed by atoms with Crippen molar-refractivity contribution in [2.24, 2.45) is 0 Å². The Balaban J connectivity index is 0.000000640. The second-order valence-electron chi connectivity index (χ2n) is 1.59. The highest BCUT2D eigenvalue weighted by atomic mass is 35.5. The Hall–Kier alpha value is -0.630.